The minimum absolute atomic E-state index is 0.0813. The van der Waals surface area contributed by atoms with E-state index in [2.05, 4.69) is 10.4 Å². The Kier molecular flexibility index (Phi) is 5.18. The number of benzene rings is 1. The lowest BCUT2D eigenvalue weighted by Crippen LogP contribution is -2.27. The topological polar surface area (TPSA) is 74.6 Å². The summed E-state index contributed by atoms with van der Waals surface area (Å²) in [5.74, 6) is 0.904. The summed E-state index contributed by atoms with van der Waals surface area (Å²) in [5.41, 5.74) is 0.438. The van der Waals surface area contributed by atoms with E-state index in [1.165, 1.54) is 10.8 Å². The van der Waals surface area contributed by atoms with E-state index in [4.69, 9.17) is 14.2 Å². The molecule has 2 aliphatic rings. The van der Waals surface area contributed by atoms with Crippen LogP contribution in [0.15, 0.2) is 24.3 Å². The highest BCUT2D eigenvalue weighted by Gasteiger charge is 2.39. The molecule has 0 aliphatic carbocycles. The SMILES string of the molecule is O=C(C=Cc1ccc2c(c1)OCO2)NCCn1nc(C(F)(F)F)c2c1CCOC2. The number of halogens is 3. The largest absolute Gasteiger partial charge is 0.454 e. The maximum Gasteiger partial charge on any atom is 0.435 e. The zero-order chi connectivity index (χ0) is 20.4. The number of alkyl halides is 3. The van der Waals surface area contributed by atoms with Crippen LogP contribution in [-0.2, 0) is 35.3 Å². The van der Waals surface area contributed by atoms with E-state index in [0.29, 0.717) is 30.2 Å². The molecule has 0 atom stereocenters. The molecule has 1 aromatic heterocycles. The van der Waals surface area contributed by atoms with Crippen LogP contribution in [0, 0.1) is 0 Å². The van der Waals surface area contributed by atoms with Crippen molar-refractivity contribution in [3.63, 3.8) is 0 Å². The quantitative estimate of drug-likeness (QED) is 0.769. The van der Waals surface area contributed by atoms with E-state index in [9.17, 15) is 18.0 Å². The van der Waals surface area contributed by atoms with Crippen LogP contribution >= 0.6 is 0 Å². The summed E-state index contributed by atoms with van der Waals surface area (Å²) in [6, 6.07) is 5.29. The van der Waals surface area contributed by atoms with E-state index in [1.54, 1.807) is 24.3 Å². The number of nitrogens with one attached hydrogen (secondary N) is 1. The second-order valence-corrected chi connectivity index (χ2v) is 6.53. The van der Waals surface area contributed by atoms with Crippen LogP contribution in [0.2, 0.25) is 0 Å². The fourth-order valence-corrected chi connectivity index (χ4v) is 3.25. The number of fused-ring (bicyclic) bond motifs is 2. The smallest absolute Gasteiger partial charge is 0.435 e. The summed E-state index contributed by atoms with van der Waals surface area (Å²) >= 11 is 0. The van der Waals surface area contributed by atoms with Gasteiger partial charge in [0.05, 0.1) is 19.8 Å². The first-order valence-corrected chi connectivity index (χ1v) is 9.01. The van der Waals surface area contributed by atoms with Gasteiger partial charge in [0.2, 0.25) is 12.7 Å². The Morgan fingerprint density at radius 1 is 1.28 bits per heavy atom. The third-order valence-electron chi connectivity index (χ3n) is 4.61. The molecular weight excluding hydrogens is 391 g/mol. The number of rotatable bonds is 5. The molecule has 0 radical (unpaired) electrons. The maximum absolute atomic E-state index is 13.2. The fourth-order valence-electron chi connectivity index (χ4n) is 3.25. The maximum atomic E-state index is 13.2. The molecule has 10 heteroatoms. The summed E-state index contributed by atoms with van der Waals surface area (Å²) in [5, 5.41) is 6.36. The number of nitrogens with zero attached hydrogens (tertiary/aromatic N) is 2. The molecule has 7 nitrogen and oxygen atoms in total. The van der Waals surface area contributed by atoms with Gasteiger partial charge in [0, 0.05) is 30.3 Å². The number of hydrogen-bond acceptors (Lipinski definition) is 5. The Bertz CT molecular complexity index is 953. The van der Waals surface area contributed by atoms with Crippen LogP contribution < -0.4 is 14.8 Å². The number of hydrogen-bond donors (Lipinski definition) is 1. The zero-order valence-corrected chi connectivity index (χ0v) is 15.3. The van der Waals surface area contributed by atoms with E-state index < -0.39 is 11.9 Å². The Morgan fingerprint density at radius 2 is 2.10 bits per heavy atom. The Hall–Kier alpha value is -3.01. The Labute approximate surface area is 164 Å². The van der Waals surface area contributed by atoms with Crippen LogP contribution in [0.1, 0.15) is 22.5 Å². The van der Waals surface area contributed by atoms with Crippen LogP contribution in [0.25, 0.3) is 6.08 Å². The highest BCUT2D eigenvalue weighted by Crippen LogP contribution is 2.34. The number of carbonyl (C=O) groups excluding carboxylic acids is 1. The molecule has 0 fully saturated rings. The van der Waals surface area contributed by atoms with E-state index in [0.717, 1.165) is 5.56 Å². The van der Waals surface area contributed by atoms with Gasteiger partial charge in [-0.05, 0) is 23.8 Å². The van der Waals surface area contributed by atoms with Crippen molar-refractivity contribution in [2.24, 2.45) is 0 Å². The molecule has 0 saturated heterocycles. The van der Waals surface area contributed by atoms with Gasteiger partial charge in [-0.1, -0.05) is 6.07 Å². The average Bonchev–Trinajstić information content (AvgIpc) is 3.30. The molecule has 2 aliphatic heterocycles. The molecule has 1 N–H and O–H groups in total. The molecular formula is C19H18F3N3O4. The van der Waals surface area contributed by atoms with Gasteiger partial charge in [-0.2, -0.15) is 18.3 Å². The predicted molar refractivity (Wildman–Crippen MR) is 95.2 cm³/mol. The third kappa shape index (κ3) is 4.21. The van der Waals surface area contributed by atoms with Gasteiger partial charge >= 0.3 is 6.18 Å². The summed E-state index contributed by atoms with van der Waals surface area (Å²) in [6.45, 7) is 0.705. The fraction of sp³-hybridized carbons (Fsp3) is 0.368. The normalized spacial score (nSPS) is 15.6. The summed E-state index contributed by atoms with van der Waals surface area (Å²) in [7, 11) is 0. The second-order valence-electron chi connectivity index (χ2n) is 6.53. The zero-order valence-electron chi connectivity index (χ0n) is 15.3. The molecule has 0 bridgehead atoms. The van der Waals surface area contributed by atoms with Gasteiger partial charge in [-0.15, -0.1) is 0 Å². The summed E-state index contributed by atoms with van der Waals surface area (Å²) in [6.07, 6.45) is -1.21. The first-order valence-electron chi connectivity index (χ1n) is 9.01. The van der Waals surface area contributed by atoms with E-state index >= 15 is 0 Å². The lowest BCUT2D eigenvalue weighted by molar-refractivity contribution is -0.142. The van der Waals surface area contributed by atoms with Crippen molar-refractivity contribution in [1.82, 2.24) is 15.1 Å². The lowest BCUT2D eigenvalue weighted by Gasteiger charge is -2.15. The molecule has 4 rings (SSSR count). The van der Waals surface area contributed by atoms with E-state index in [1.807, 2.05) is 0 Å². The highest BCUT2D eigenvalue weighted by molar-refractivity contribution is 5.91. The molecule has 1 amide bonds. The molecule has 0 saturated carbocycles. The molecule has 29 heavy (non-hydrogen) atoms. The molecule has 2 aromatic rings. The van der Waals surface area contributed by atoms with E-state index in [-0.39, 0.29) is 38.0 Å². The highest BCUT2D eigenvalue weighted by atomic mass is 19.4. The van der Waals surface area contributed by atoms with Crippen molar-refractivity contribution in [2.45, 2.75) is 25.7 Å². The number of aromatic nitrogens is 2. The predicted octanol–water partition coefficient (Wildman–Crippen LogP) is 2.53. The standard InChI is InChI=1S/C19H18F3N3O4/c20-19(21,22)18-13-10-27-8-5-14(13)25(24-18)7-6-23-17(26)4-2-12-1-3-15-16(9-12)29-11-28-15/h1-4,9H,5-8,10-11H2,(H,23,26). The lowest BCUT2D eigenvalue weighted by atomic mass is 10.1. The minimum atomic E-state index is -4.54. The van der Waals surface area contributed by atoms with Crippen molar-refractivity contribution in [3.05, 3.63) is 46.8 Å². The average molecular weight is 409 g/mol. The van der Waals surface area contributed by atoms with Crippen LogP contribution in [0.5, 0.6) is 11.5 Å². The summed E-state index contributed by atoms with van der Waals surface area (Å²) < 4.78 is 56.4. The molecule has 0 unspecified atom stereocenters. The van der Waals surface area contributed by atoms with Crippen LogP contribution in [0.4, 0.5) is 13.2 Å². The van der Waals surface area contributed by atoms with Crippen molar-refractivity contribution < 1.29 is 32.2 Å². The Morgan fingerprint density at radius 3 is 2.93 bits per heavy atom. The van der Waals surface area contributed by atoms with Gasteiger partial charge in [0.1, 0.15) is 0 Å². The van der Waals surface area contributed by atoms with Crippen molar-refractivity contribution in [1.29, 1.82) is 0 Å². The van der Waals surface area contributed by atoms with Gasteiger partial charge in [-0.25, -0.2) is 0 Å². The first kappa shape index (κ1) is 19.3. The number of ether oxygens (including phenoxy) is 3. The van der Waals surface area contributed by atoms with Crippen molar-refractivity contribution in [2.75, 3.05) is 19.9 Å². The first-order chi connectivity index (χ1) is 13.9. The van der Waals surface area contributed by atoms with Crippen molar-refractivity contribution in [3.8, 4) is 11.5 Å². The second kappa shape index (κ2) is 7.78. The molecule has 154 valence electrons. The third-order valence-corrected chi connectivity index (χ3v) is 4.61. The molecule has 3 heterocycles. The Balaban J connectivity index is 1.35. The van der Waals surface area contributed by atoms with Crippen LogP contribution in [0.3, 0.4) is 0 Å². The number of carbonyl (C=O) groups is 1. The van der Waals surface area contributed by atoms with Gasteiger partial charge in [0.25, 0.3) is 0 Å². The van der Waals surface area contributed by atoms with Crippen molar-refractivity contribution >= 4 is 12.0 Å². The molecule has 1 aromatic carbocycles. The summed E-state index contributed by atoms with van der Waals surface area (Å²) in [4.78, 5) is 12.0. The van der Waals surface area contributed by atoms with Gasteiger partial charge < -0.3 is 19.5 Å². The van der Waals surface area contributed by atoms with Gasteiger partial charge in [-0.3, -0.25) is 9.48 Å². The van der Waals surface area contributed by atoms with Crippen LogP contribution in [-0.4, -0.2) is 35.6 Å². The van der Waals surface area contributed by atoms with Gasteiger partial charge in [0.15, 0.2) is 17.2 Å². The number of amides is 1. The molecule has 0 spiro atoms. The monoisotopic (exact) mass is 409 g/mol. The minimum Gasteiger partial charge on any atom is -0.454 e.